The predicted molar refractivity (Wildman–Crippen MR) is 87.0 cm³/mol. The monoisotopic (exact) mass is 311 g/mol. The number of halogens is 2. The van der Waals surface area contributed by atoms with Crippen LogP contribution in [0.3, 0.4) is 0 Å². The molecule has 0 saturated carbocycles. The number of hydrogen-bond donors (Lipinski definition) is 1. The summed E-state index contributed by atoms with van der Waals surface area (Å²) in [5.41, 5.74) is 0.706. The van der Waals surface area contributed by atoms with Crippen molar-refractivity contribution in [3.63, 3.8) is 0 Å². The maximum atomic E-state index is 14.2. The van der Waals surface area contributed by atoms with Crippen LogP contribution in [-0.2, 0) is 12.0 Å². The Bertz CT molecular complexity index is 638. The molecule has 0 amide bonds. The molecule has 21 heavy (non-hydrogen) atoms. The van der Waals surface area contributed by atoms with Gasteiger partial charge in [-0.05, 0) is 35.6 Å². The van der Waals surface area contributed by atoms with Crippen LogP contribution in [0, 0.1) is 17.6 Å². The van der Waals surface area contributed by atoms with E-state index < -0.39 is 0 Å². The number of rotatable bonds is 4. The van der Waals surface area contributed by atoms with E-state index in [1.54, 1.807) is 0 Å². The smallest absolute Gasteiger partial charge is 0.141 e. The van der Waals surface area contributed by atoms with Crippen molar-refractivity contribution in [1.82, 2.24) is 5.32 Å². The Morgan fingerprint density at radius 3 is 2.33 bits per heavy atom. The first-order chi connectivity index (χ1) is 9.71. The average molecular weight is 311 g/mol. The number of hydrogen-bond acceptors (Lipinski definition) is 2. The zero-order valence-electron chi connectivity index (χ0n) is 13.3. The lowest BCUT2D eigenvalue weighted by molar-refractivity contribution is 0.542. The van der Waals surface area contributed by atoms with Crippen molar-refractivity contribution in [2.24, 2.45) is 5.92 Å². The molecular weight excluding hydrogens is 288 g/mol. The van der Waals surface area contributed by atoms with Gasteiger partial charge in [0.2, 0.25) is 0 Å². The van der Waals surface area contributed by atoms with Gasteiger partial charge in [0.15, 0.2) is 0 Å². The summed E-state index contributed by atoms with van der Waals surface area (Å²) in [6, 6.07) is 2.44. The van der Waals surface area contributed by atoms with Gasteiger partial charge >= 0.3 is 0 Å². The van der Waals surface area contributed by atoms with Gasteiger partial charge in [-0.2, -0.15) is 0 Å². The van der Waals surface area contributed by atoms with Gasteiger partial charge in [-0.3, -0.25) is 0 Å². The molecule has 0 aliphatic rings. The van der Waals surface area contributed by atoms with Crippen molar-refractivity contribution in [3.05, 3.63) is 34.2 Å². The van der Waals surface area contributed by atoms with Crippen LogP contribution < -0.4 is 5.32 Å². The fourth-order valence-corrected chi connectivity index (χ4v) is 3.97. The molecule has 0 saturated heterocycles. The van der Waals surface area contributed by atoms with Gasteiger partial charge in [-0.15, -0.1) is 11.3 Å². The Kier molecular flexibility index (Phi) is 4.69. The first-order valence-electron chi connectivity index (χ1n) is 7.32. The summed E-state index contributed by atoms with van der Waals surface area (Å²) in [6.07, 6.45) is 0. The van der Waals surface area contributed by atoms with Crippen molar-refractivity contribution >= 4 is 21.4 Å². The van der Waals surface area contributed by atoms with E-state index in [-0.39, 0.29) is 17.0 Å². The van der Waals surface area contributed by atoms with Crippen LogP contribution >= 0.6 is 11.3 Å². The zero-order valence-corrected chi connectivity index (χ0v) is 14.1. The largest absolute Gasteiger partial charge is 0.312 e. The van der Waals surface area contributed by atoms with E-state index in [4.69, 9.17) is 0 Å². The number of fused-ring (bicyclic) bond motifs is 1. The minimum Gasteiger partial charge on any atom is -0.312 e. The molecule has 0 bridgehead atoms. The fourth-order valence-electron chi connectivity index (χ4n) is 2.57. The third kappa shape index (κ3) is 3.43. The Hall–Kier alpha value is -1.00. The fraction of sp³-hybridized carbons (Fsp3) is 0.529. The Morgan fingerprint density at radius 2 is 1.76 bits per heavy atom. The molecule has 0 unspecified atom stereocenters. The van der Waals surface area contributed by atoms with E-state index in [2.05, 4.69) is 19.2 Å². The third-order valence-corrected chi connectivity index (χ3v) is 4.60. The van der Waals surface area contributed by atoms with Crippen LogP contribution in [0.15, 0.2) is 12.1 Å². The second kappa shape index (κ2) is 6.01. The van der Waals surface area contributed by atoms with Crippen molar-refractivity contribution in [1.29, 1.82) is 0 Å². The molecule has 0 radical (unpaired) electrons. The second-order valence-corrected chi connectivity index (χ2v) is 8.01. The highest BCUT2D eigenvalue weighted by Crippen LogP contribution is 2.41. The van der Waals surface area contributed by atoms with Crippen molar-refractivity contribution < 1.29 is 8.78 Å². The molecule has 0 aliphatic heterocycles. The van der Waals surface area contributed by atoms with Gasteiger partial charge in [-0.25, -0.2) is 8.78 Å². The predicted octanol–water partition coefficient (Wildman–Crippen LogP) is 5.22. The van der Waals surface area contributed by atoms with Gasteiger partial charge in [0.05, 0.1) is 4.70 Å². The number of benzene rings is 1. The molecule has 0 aliphatic carbocycles. The van der Waals surface area contributed by atoms with E-state index in [1.165, 1.54) is 23.5 Å². The minimum atomic E-state index is -0.336. The standard InChI is InChI=1S/C17H23F2NS/c1-10(2)8-20-9-13-15(17(3,4)5)14-11(18)6-7-12(19)16(14)21-13/h6-7,10,20H,8-9H2,1-5H3. The normalized spacial score (nSPS) is 12.6. The Morgan fingerprint density at radius 1 is 1.14 bits per heavy atom. The van der Waals surface area contributed by atoms with Crippen LogP contribution in [0.25, 0.3) is 10.1 Å². The average Bonchev–Trinajstić information content (AvgIpc) is 2.74. The molecule has 1 aromatic carbocycles. The van der Waals surface area contributed by atoms with Crippen LogP contribution in [0.5, 0.6) is 0 Å². The van der Waals surface area contributed by atoms with Gasteiger partial charge in [-0.1, -0.05) is 34.6 Å². The number of nitrogens with one attached hydrogen (secondary N) is 1. The summed E-state index contributed by atoms with van der Waals surface area (Å²) >= 11 is 1.37. The van der Waals surface area contributed by atoms with Gasteiger partial charge in [0.25, 0.3) is 0 Å². The van der Waals surface area contributed by atoms with Gasteiger partial charge < -0.3 is 5.32 Å². The second-order valence-electron chi connectivity index (χ2n) is 6.91. The first kappa shape index (κ1) is 16.4. The van der Waals surface area contributed by atoms with E-state index in [9.17, 15) is 8.78 Å². The highest BCUT2D eigenvalue weighted by molar-refractivity contribution is 7.19. The molecule has 2 aromatic rings. The summed E-state index contributed by atoms with van der Waals surface area (Å²) in [4.78, 5) is 1.03. The van der Waals surface area contributed by atoms with E-state index in [0.717, 1.165) is 17.0 Å². The molecule has 0 spiro atoms. The summed E-state index contributed by atoms with van der Waals surface area (Å²) in [6.45, 7) is 12.0. The SMILES string of the molecule is CC(C)CNCc1sc2c(F)ccc(F)c2c1C(C)(C)C. The van der Waals surface area contributed by atoms with Gasteiger partial charge in [0, 0.05) is 16.8 Å². The highest BCUT2D eigenvalue weighted by Gasteiger charge is 2.26. The molecule has 116 valence electrons. The molecule has 0 atom stereocenters. The van der Waals surface area contributed by atoms with Gasteiger partial charge in [0.1, 0.15) is 11.6 Å². The summed E-state index contributed by atoms with van der Waals surface area (Å²) < 4.78 is 28.7. The van der Waals surface area contributed by atoms with E-state index in [0.29, 0.717) is 22.5 Å². The van der Waals surface area contributed by atoms with Crippen LogP contribution in [0.1, 0.15) is 45.1 Å². The van der Waals surface area contributed by atoms with Crippen molar-refractivity contribution in [3.8, 4) is 0 Å². The lowest BCUT2D eigenvalue weighted by Crippen LogP contribution is -2.21. The summed E-state index contributed by atoms with van der Waals surface area (Å²) in [7, 11) is 0. The molecule has 1 aromatic heterocycles. The highest BCUT2D eigenvalue weighted by atomic mass is 32.1. The minimum absolute atomic E-state index is 0.221. The molecule has 1 N–H and O–H groups in total. The zero-order chi connectivity index (χ0) is 15.8. The number of thiophene rings is 1. The summed E-state index contributed by atoms with van der Waals surface area (Å²) in [5, 5.41) is 3.83. The molecule has 0 fully saturated rings. The van der Waals surface area contributed by atoms with Crippen molar-refractivity contribution in [2.75, 3.05) is 6.54 Å². The molecule has 4 heteroatoms. The third-order valence-electron chi connectivity index (χ3n) is 3.40. The lowest BCUT2D eigenvalue weighted by atomic mass is 9.84. The van der Waals surface area contributed by atoms with Crippen LogP contribution in [0.2, 0.25) is 0 Å². The van der Waals surface area contributed by atoms with Crippen LogP contribution in [-0.4, -0.2) is 6.54 Å². The maximum Gasteiger partial charge on any atom is 0.141 e. The lowest BCUT2D eigenvalue weighted by Gasteiger charge is -2.21. The quantitative estimate of drug-likeness (QED) is 0.816. The Labute approximate surface area is 129 Å². The molecule has 1 nitrogen and oxygen atoms in total. The topological polar surface area (TPSA) is 12.0 Å². The van der Waals surface area contributed by atoms with Crippen LogP contribution in [0.4, 0.5) is 8.78 Å². The molecule has 1 heterocycles. The first-order valence-corrected chi connectivity index (χ1v) is 8.14. The Balaban J connectivity index is 2.54. The van der Waals surface area contributed by atoms with E-state index >= 15 is 0 Å². The van der Waals surface area contributed by atoms with E-state index in [1.807, 2.05) is 20.8 Å². The maximum absolute atomic E-state index is 14.2. The molecule has 2 rings (SSSR count). The summed E-state index contributed by atoms with van der Waals surface area (Å²) in [5.74, 6) is -0.120. The van der Waals surface area contributed by atoms with Crippen molar-refractivity contribution in [2.45, 2.75) is 46.6 Å². The molecular formula is C17H23F2NS.